The summed E-state index contributed by atoms with van der Waals surface area (Å²) >= 11 is 0. The first-order valence-corrected chi connectivity index (χ1v) is 25.9. The highest BCUT2D eigenvalue weighted by Gasteiger charge is 2.22. The zero-order valence-corrected chi connectivity index (χ0v) is 44.6. The number of hydrogen-bond acceptors (Lipinski definition) is 10. The van der Waals surface area contributed by atoms with E-state index in [0.29, 0.717) is 68.8 Å². The second-order valence-electron chi connectivity index (χ2n) is 18.1. The van der Waals surface area contributed by atoms with Gasteiger partial charge in [-0.15, -0.1) is 0 Å². The van der Waals surface area contributed by atoms with E-state index < -0.39 is 0 Å². The van der Waals surface area contributed by atoms with Gasteiger partial charge in [0.2, 0.25) is 0 Å². The van der Waals surface area contributed by atoms with Crippen molar-refractivity contribution in [1.82, 2.24) is 19.9 Å². The fourth-order valence-corrected chi connectivity index (χ4v) is 9.19. The lowest BCUT2D eigenvalue weighted by molar-refractivity contribution is 0.345. The molecule has 0 amide bonds. The lowest BCUT2D eigenvalue weighted by atomic mass is 10.0. The van der Waals surface area contributed by atoms with Crippen LogP contribution in [0.4, 0.5) is 0 Å². The van der Waals surface area contributed by atoms with Crippen LogP contribution in [0.25, 0.3) is 90.9 Å². The molecule has 2 N–H and O–H groups in total. The Labute approximate surface area is 466 Å². The highest BCUT2D eigenvalue weighted by Crippen LogP contribution is 2.43. The number of rotatable bonds is 28. The van der Waals surface area contributed by atoms with Crippen LogP contribution in [0.15, 0.2) is 198 Å². The van der Waals surface area contributed by atoms with Crippen molar-refractivity contribution >= 4 is 46.4 Å². The van der Waals surface area contributed by atoms with Gasteiger partial charge in [0.15, 0.2) is 0 Å². The number of ether oxygens (including phenoxy) is 8. The van der Waals surface area contributed by atoms with Crippen LogP contribution in [-0.4, -0.2) is 72.8 Å². The molecular weight excluding hydrogens is 1000 g/mol. The topological polar surface area (TPSA) is 131 Å². The van der Waals surface area contributed by atoms with Crippen LogP contribution in [0.5, 0.6) is 46.0 Å². The number of aromatic nitrogens is 4. The SMILES string of the molecule is C=CCOc1cc(OCC=C)cc(-c2c3nc(c(-c4cc(OCC=C)cc(OCC=C)c4)c4ccc([nH]4)c(-c4cc(OCC=C)cc(OCC=C)c4)c4nc(c(-c5cc(OCC=C)cc(OCC=C)c5)c5ccc2[nH]5)C=C4)C=C3)c1. The summed E-state index contributed by atoms with van der Waals surface area (Å²) < 4.78 is 49.7. The number of aromatic amines is 2. The Morgan fingerprint density at radius 2 is 0.450 bits per heavy atom. The van der Waals surface area contributed by atoms with Gasteiger partial charge in [0, 0.05) is 68.6 Å². The lowest BCUT2D eigenvalue weighted by Crippen LogP contribution is -1.98. The Morgan fingerprint density at radius 3 is 0.613 bits per heavy atom. The first-order valence-electron chi connectivity index (χ1n) is 25.9. The van der Waals surface area contributed by atoms with Gasteiger partial charge in [-0.1, -0.05) is 101 Å². The third-order valence-electron chi connectivity index (χ3n) is 12.4. The average molecular weight is 1060 g/mol. The molecule has 0 saturated heterocycles. The number of benzene rings is 4. The van der Waals surface area contributed by atoms with Crippen molar-refractivity contribution < 1.29 is 37.9 Å². The fourth-order valence-electron chi connectivity index (χ4n) is 9.19. The molecule has 2 aliphatic rings. The third-order valence-corrected chi connectivity index (χ3v) is 12.4. The van der Waals surface area contributed by atoms with Gasteiger partial charge in [0.1, 0.15) is 98.9 Å². The van der Waals surface area contributed by atoms with E-state index in [9.17, 15) is 0 Å². The van der Waals surface area contributed by atoms with Crippen molar-refractivity contribution in [2.75, 3.05) is 52.9 Å². The van der Waals surface area contributed by atoms with Crippen molar-refractivity contribution in [2.45, 2.75) is 0 Å². The van der Waals surface area contributed by atoms with Gasteiger partial charge in [-0.2, -0.15) is 0 Å². The van der Waals surface area contributed by atoms with E-state index >= 15 is 0 Å². The molecular formula is C68H62N4O8. The van der Waals surface area contributed by atoms with E-state index in [1.165, 1.54) is 0 Å². The molecule has 5 heterocycles. The van der Waals surface area contributed by atoms with E-state index in [-0.39, 0.29) is 52.9 Å². The van der Waals surface area contributed by atoms with Gasteiger partial charge >= 0.3 is 0 Å². The fraction of sp³-hybridized carbons (Fsp3) is 0.118. The summed E-state index contributed by atoms with van der Waals surface area (Å²) in [5.74, 6) is 4.58. The molecule has 0 spiro atoms. The summed E-state index contributed by atoms with van der Waals surface area (Å²) in [6.45, 7) is 33.4. The largest absolute Gasteiger partial charge is 0.489 e. The summed E-state index contributed by atoms with van der Waals surface area (Å²) in [4.78, 5) is 18.8. The zero-order valence-electron chi connectivity index (χ0n) is 44.6. The Morgan fingerprint density at radius 1 is 0.275 bits per heavy atom. The van der Waals surface area contributed by atoms with Gasteiger partial charge < -0.3 is 47.9 Å². The minimum Gasteiger partial charge on any atom is -0.489 e. The monoisotopic (exact) mass is 1060 g/mol. The molecule has 7 aromatic rings. The van der Waals surface area contributed by atoms with Crippen molar-refractivity contribution in [1.29, 1.82) is 0 Å². The van der Waals surface area contributed by atoms with Crippen molar-refractivity contribution in [3.8, 4) is 90.5 Å². The molecule has 3 aromatic heterocycles. The first kappa shape index (κ1) is 54.6. The molecule has 0 aliphatic carbocycles. The Hall–Kier alpha value is -10.2. The molecule has 2 aliphatic heterocycles. The second-order valence-corrected chi connectivity index (χ2v) is 18.1. The van der Waals surface area contributed by atoms with E-state index in [2.05, 4.69) is 62.6 Å². The molecule has 9 rings (SSSR count). The van der Waals surface area contributed by atoms with Crippen LogP contribution in [0, 0.1) is 0 Å². The molecule has 0 atom stereocenters. The molecule has 0 radical (unpaired) electrons. The molecule has 80 heavy (non-hydrogen) atoms. The molecule has 8 bridgehead atoms. The van der Waals surface area contributed by atoms with Gasteiger partial charge in [0.05, 0.1) is 22.8 Å². The summed E-state index contributed by atoms with van der Waals surface area (Å²) in [5, 5.41) is 0. The maximum absolute atomic E-state index is 6.22. The van der Waals surface area contributed by atoms with Gasteiger partial charge in [-0.3, -0.25) is 0 Å². The summed E-state index contributed by atoms with van der Waals surface area (Å²) in [6, 6.07) is 31.3. The number of hydrogen-bond donors (Lipinski definition) is 2. The number of fused-ring (bicyclic) bond motifs is 8. The standard InChI is InChI=1S/C68H62N4O8/c1-9-25-73-49-33-45(34-50(41-49)74-26-10-2)65-57-17-19-59(69-57)66(46-35-51(75-27-11-3)42-52(36-46)76-28-12-4)61-21-23-63(71-61)68(48-39-55(79-31-15-7)44-56(40-48)80-32-16-8)64-24-22-62(72-64)67(60-20-18-58(65)70-60)47-37-53(77-29-13-5)43-54(38-47)78-30-14-6/h9-24,33-44,69,72H,1-8,25-32H2. The van der Waals surface area contributed by atoms with E-state index in [4.69, 9.17) is 47.9 Å². The molecule has 0 saturated carbocycles. The van der Waals surface area contributed by atoms with Gasteiger partial charge in [0.25, 0.3) is 0 Å². The van der Waals surface area contributed by atoms with Crippen LogP contribution in [-0.2, 0) is 0 Å². The molecule has 12 heteroatoms. The van der Waals surface area contributed by atoms with E-state index in [0.717, 1.165) is 66.6 Å². The third kappa shape index (κ3) is 12.8. The minimum absolute atomic E-state index is 0.272. The van der Waals surface area contributed by atoms with Gasteiger partial charge in [-0.05, 0) is 119 Å². The average Bonchev–Trinajstić information content (AvgIpc) is 4.42. The molecule has 0 unspecified atom stereocenters. The summed E-state index contributed by atoms with van der Waals surface area (Å²) in [7, 11) is 0. The van der Waals surface area contributed by atoms with E-state index in [1.54, 1.807) is 48.6 Å². The second kappa shape index (κ2) is 26.2. The molecule has 0 fully saturated rings. The Balaban J connectivity index is 1.47. The summed E-state index contributed by atoms with van der Waals surface area (Å²) in [6.07, 6.45) is 21.6. The lowest BCUT2D eigenvalue weighted by Gasteiger charge is -2.13. The van der Waals surface area contributed by atoms with Crippen LogP contribution < -0.4 is 37.9 Å². The Bertz CT molecular complexity index is 3170. The number of nitrogens with zero attached hydrogens (tertiary/aromatic N) is 2. The maximum Gasteiger partial charge on any atom is 0.124 e. The van der Waals surface area contributed by atoms with Crippen LogP contribution in [0.1, 0.15) is 22.8 Å². The zero-order chi connectivity index (χ0) is 55.8. The van der Waals surface area contributed by atoms with E-state index in [1.807, 2.05) is 121 Å². The smallest absolute Gasteiger partial charge is 0.124 e. The number of nitrogens with one attached hydrogen (secondary N) is 2. The van der Waals surface area contributed by atoms with Crippen LogP contribution in [0.3, 0.4) is 0 Å². The van der Waals surface area contributed by atoms with Crippen molar-refractivity contribution in [2.24, 2.45) is 0 Å². The molecule has 4 aromatic carbocycles. The highest BCUT2D eigenvalue weighted by molar-refractivity contribution is 6.00. The normalized spacial score (nSPS) is 11.2. The van der Waals surface area contributed by atoms with Gasteiger partial charge in [-0.25, -0.2) is 9.97 Å². The van der Waals surface area contributed by atoms with Crippen molar-refractivity contribution in [3.63, 3.8) is 0 Å². The highest BCUT2D eigenvalue weighted by atomic mass is 16.5. The minimum atomic E-state index is 0.272. The van der Waals surface area contributed by atoms with Crippen molar-refractivity contribution in [3.05, 3.63) is 221 Å². The summed E-state index contributed by atoms with van der Waals surface area (Å²) in [5.41, 5.74) is 11.6. The Kier molecular flexibility index (Phi) is 17.9. The predicted molar refractivity (Wildman–Crippen MR) is 326 cm³/mol. The predicted octanol–water partition coefficient (Wildman–Crippen LogP) is 15.8. The van der Waals surface area contributed by atoms with Crippen LogP contribution >= 0.6 is 0 Å². The first-order chi connectivity index (χ1) is 39.3. The van der Waals surface area contributed by atoms with Crippen LogP contribution in [0.2, 0.25) is 0 Å². The quantitative estimate of drug-likeness (QED) is 0.0457. The molecule has 402 valence electrons. The number of H-pyrrole nitrogens is 2. The maximum atomic E-state index is 6.22. The molecule has 12 nitrogen and oxygen atoms in total.